The number of benzene rings is 1. The van der Waals surface area contributed by atoms with Crippen LogP contribution in [-0.2, 0) is 0 Å². The molecule has 2 rings (SSSR count). The predicted octanol–water partition coefficient (Wildman–Crippen LogP) is 2.66. The van der Waals surface area contributed by atoms with E-state index in [-0.39, 0.29) is 0 Å². The van der Waals surface area contributed by atoms with Gasteiger partial charge in [-0.3, -0.25) is 4.86 Å². The second-order valence-corrected chi connectivity index (χ2v) is 3.13. The average Bonchev–Trinajstić information content (AvgIpc) is 2.58. The Balaban J connectivity index is 2.46. The summed E-state index contributed by atoms with van der Waals surface area (Å²) < 4.78 is 0. The van der Waals surface area contributed by atoms with Crippen molar-refractivity contribution in [2.24, 2.45) is 0 Å². The number of nitrogens with zero attached hydrogens (tertiary/aromatic N) is 1. The maximum atomic E-state index is 3.92. The molecule has 0 amide bonds. The van der Waals surface area contributed by atoms with Crippen molar-refractivity contribution in [1.29, 1.82) is 0 Å². The van der Waals surface area contributed by atoms with E-state index in [0.29, 0.717) is 0 Å². The van der Waals surface area contributed by atoms with Gasteiger partial charge in [0, 0.05) is 13.6 Å². The van der Waals surface area contributed by atoms with Gasteiger partial charge in [-0.25, -0.2) is 0 Å². The minimum atomic E-state index is 1.08. The molecule has 11 heavy (non-hydrogen) atoms. The topological polar surface area (TPSA) is 28.7 Å². The lowest BCUT2D eigenvalue weighted by Crippen LogP contribution is -1.67. The zero-order valence-corrected chi connectivity index (χ0v) is 6.75. The molecule has 54 valence electrons. The Kier molecular flexibility index (Phi) is 1.70. The van der Waals surface area contributed by atoms with Gasteiger partial charge in [-0.1, -0.05) is 30.3 Å². The molecule has 1 N–H and O–H groups in total. The first kappa shape index (κ1) is 6.56. The van der Waals surface area contributed by atoms with Crippen molar-refractivity contribution in [2.75, 3.05) is 0 Å². The van der Waals surface area contributed by atoms with Gasteiger partial charge in [0.1, 0.15) is 0 Å². The van der Waals surface area contributed by atoms with Crippen molar-refractivity contribution in [2.45, 2.75) is 0 Å². The van der Waals surface area contributed by atoms with E-state index in [1.54, 1.807) is 0 Å². The van der Waals surface area contributed by atoms with E-state index >= 15 is 0 Å². The minimum absolute atomic E-state index is 1.08. The molecule has 3 heteroatoms. The Morgan fingerprint density at radius 3 is 2.64 bits per heavy atom. The first-order valence-electron chi connectivity index (χ1n) is 3.38. The summed E-state index contributed by atoms with van der Waals surface area (Å²) >= 11 is 0. The second kappa shape index (κ2) is 2.85. The lowest BCUT2D eigenvalue weighted by Gasteiger charge is -1.91. The number of rotatable bonds is 1. The maximum Gasteiger partial charge on any atom is 0.0614 e. The van der Waals surface area contributed by atoms with Crippen molar-refractivity contribution >= 4 is 8.35 Å². The molecule has 0 aliphatic carbocycles. The summed E-state index contributed by atoms with van der Waals surface area (Å²) in [7, 11) is 1.08. The Hall–Kier alpha value is -1.14. The predicted molar refractivity (Wildman–Crippen MR) is 46.5 cm³/mol. The van der Waals surface area contributed by atoms with Gasteiger partial charge in [-0.2, -0.15) is 5.10 Å². The molecule has 0 unspecified atom stereocenters. The molecule has 2 aromatic rings. The van der Waals surface area contributed by atoms with Gasteiger partial charge in [-0.05, 0) is 5.56 Å². The van der Waals surface area contributed by atoms with Crippen LogP contribution >= 0.6 is 8.35 Å². The zero-order chi connectivity index (χ0) is 7.52. The highest BCUT2D eigenvalue weighted by molar-refractivity contribution is 7.29. The number of aromatic amines is 1. The summed E-state index contributed by atoms with van der Waals surface area (Å²) in [5.74, 6) is 0. The van der Waals surface area contributed by atoms with Crippen molar-refractivity contribution in [3.63, 3.8) is 0 Å². The Bertz CT molecular complexity index is 315. The standard InChI is InChI=1S/C8H7N2P/c1-2-4-7(5-3-1)8-6-9-10-11-8/h1-6H,(H,9,10). The van der Waals surface area contributed by atoms with Gasteiger partial charge < -0.3 is 0 Å². The Labute approximate surface area is 66.4 Å². The van der Waals surface area contributed by atoms with E-state index in [9.17, 15) is 0 Å². The quantitative estimate of drug-likeness (QED) is 0.686. The van der Waals surface area contributed by atoms with E-state index < -0.39 is 0 Å². The average molecular weight is 162 g/mol. The molecule has 0 saturated carbocycles. The minimum Gasteiger partial charge on any atom is -0.259 e. The van der Waals surface area contributed by atoms with Crippen molar-refractivity contribution in [3.8, 4) is 10.9 Å². The summed E-state index contributed by atoms with van der Waals surface area (Å²) in [5.41, 5.74) is 1.24. The highest BCUT2D eigenvalue weighted by Crippen LogP contribution is 2.23. The van der Waals surface area contributed by atoms with Crippen LogP contribution in [0.5, 0.6) is 0 Å². The van der Waals surface area contributed by atoms with Crippen molar-refractivity contribution in [3.05, 3.63) is 36.5 Å². The summed E-state index contributed by atoms with van der Waals surface area (Å²) in [4.78, 5) is 2.88. The Morgan fingerprint density at radius 1 is 1.18 bits per heavy atom. The van der Waals surface area contributed by atoms with Crippen LogP contribution in [0.15, 0.2) is 36.5 Å². The second-order valence-electron chi connectivity index (χ2n) is 2.22. The summed E-state index contributed by atoms with van der Waals surface area (Å²) in [5, 5.41) is 5.14. The van der Waals surface area contributed by atoms with Crippen LogP contribution in [0.3, 0.4) is 0 Å². The third kappa shape index (κ3) is 1.31. The van der Waals surface area contributed by atoms with Crippen LogP contribution in [0.25, 0.3) is 10.9 Å². The highest BCUT2D eigenvalue weighted by atomic mass is 31.0. The normalized spacial score (nSPS) is 10.5. The Morgan fingerprint density at radius 2 is 2.00 bits per heavy atom. The lowest BCUT2D eigenvalue weighted by molar-refractivity contribution is 1.16. The first-order chi connectivity index (χ1) is 5.47. The molecule has 1 aromatic heterocycles. The summed E-state index contributed by atoms with van der Waals surface area (Å²) in [6, 6.07) is 10.2. The molecule has 0 aliphatic heterocycles. The molecule has 1 aromatic carbocycles. The zero-order valence-electron chi connectivity index (χ0n) is 5.86. The molecule has 1 heterocycles. The molecule has 2 nitrogen and oxygen atoms in total. The molecule has 0 saturated heterocycles. The van der Waals surface area contributed by atoms with Crippen LogP contribution in [0.2, 0.25) is 0 Å². The SMILES string of the molecule is c1ccc(-c2cn[nH]p2)cc1. The largest absolute Gasteiger partial charge is 0.259 e. The van der Waals surface area contributed by atoms with Gasteiger partial charge in [0.25, 0.3) is 0 Å². The van der Waals surface area contributed by atoms with Gasteiger partial charge in [-0.15, -0.1) is 0 Å². The van der Waals surface area contributed by atoms with Crippen molar-refractivity contribution < 1.29 is 0 Å². The van der Waals surface area contributed by atoms with E-state index in [1.165, 1.54) is 10.9 Å². The smallest absolute Gasteiger partial charge is 0.0614 e. The number of hydrogen-bond donors (Lipinski definition) is 1. The molecular formula is C8H7N2P. The fourth-order valence-electron chi connectivity index (χ4n) is 0.950. The number of nitrogens with one attached hydrogen (secondary N) is 1. The van der Waals surface area contributed by atoms with Crippen LogP contribution in [0.1, 0.15) is 0 Å². The summed E-state index contributed by atoms with van der Waals surface area (Å²) in [6.07, 6.45) is 1.86. The monoisotopic (exact) mass is 162 g/mol. The van der Waals surface area contributed by atoms with Crippen LogP contribution in [-0.4, -0.2) is 9.96 Å². The van der Waals surface area contributed by atoms with Gasteiger partial charge in [0.2, 0.25) is 0 Å². The third-order valence-electron chi connectivity index (χ3n) is 1.48. The van der Waals surface area contributed by atoms with Gasteiger partial charge in [0.15, 0.2) is 0 Å². The van der Waals surface area contributed by atoms with Crippen LogP contribution < -0.4 is 0 Å². The van der Waals surface area contributed by atoms with E-state index in [4.69, 9.17) is 0 Å². The molecular weight excluding hydrogens is 155 g/mol. The molecule has 0 spiro atoms. The van der Waals surface area contributed by atoms with Crippen LogP contribution in [0.4, 0.5) is 0 Å². The molecule has 0 radical (unpaired) electrons. The fraction of sp³-hybridized carbons (Fsp3) is 0. The highest BCUT2D eigenvalue weighted by Gasteiger charge is 1.95. The van der Waals surface area contributed by atoms with Crippen molar-refractivity contribution in [1.82, 2.24) is 9.96 Å². The first-order valence-corrected chi connectivity index (χ1v) is 4.27. The third-order valence-corrected chi connectivity index (χ3v) is 2.31. The van der Waals surface area contributed by atoms with E-state index in [1.807, 2.05) is 24.4 Å². The molecule has 0 aliphatic rings. The van der Waals surface area contributed by atoms with Crippen LogP contribution in [0, 0.1) is 0 Å². The van der Waals surface area contributed by atoms with Gasteiger partial charge in [0.05, 0.1) is 6.20 Å². The number of aromatic nitrogens is 2. The van der Waals surface area contributed by atoms with E-state index in [2.05, 4.69) is 22.1 Å². The summed E-state index contributed by atoms with van der Waals surface area (Å²) in [6.45, 7) is 0. The lowest BCUT2D eigenvalue weighted by atomic mass is 10.2. The van der Waals surface area contributed by atoms with Gasteiger partial charge >= 0.3 is 0 Å². The maximum absolute atomic E-state index is 3.92. The number of hydrogen-bond acceptors (Lipinski definition) is 1. The fourth-order valence-corrected chi connectivity index (χ4v) is 1.57. The number of H-pyrrole nitrogens is 1. The molecule has 0 fully saturated rings. The molecule has 0 bridgehead atoms. The molecule has 0 atom stereocenters. The van der Waals surface area contributed by atoms with E-state index in [0.717, 1.165) is 8.35 Å².